The smallest absolute Gasteiger partial charge is 0.406 e. The first-order valence-electron chi connectivity index (χ1n) is 8.93. The lowest BCUT2D eigenvalue weighted by Crippen LogP contribution is -2.37. The number of nitrogens with zero attached hydrogens (tertiary/aromatic N) is 5. The first-order chi connectivity index (χ1) is 13.3. The Morgan fingerprint density at radius 2 is 1.79 bits per heavy atom. The number of alkyl halides is 3. The van der Waals surface area contributed by atoms with Crippen LogP contribution in [0, 0.1) is 0 Å². The van der Waals surface area contributed by atoms with Crippen molar-refractivity contribution in [3.63, 3.8) is 0 Å². The molecule has 0 saturated carbocycles. The van der Waals surface area contributed by atoms with Gasteiger partial charge >= 0.3 is 6.36 Å². The zero-order valence-corrected chi connectivity index (χ0v) is 16.0. The molecule has 0 bridgehead atoms. The van der Waals surface area contributed by atoms with Crippen molar-refractivity contribution in [2.75, 3.05) is 13.1 Å². The van der Waals surface area contributed by atoms with E-state index in [0.29, 0.717) is 10.8 Å². The molecule has 1 aromatic carbocycles. The number of tetrazole rings is 1. The molecule has 0 spiro atoms. The summed E-state index contributed by atoms with van der Waals surface area (Å²) in [6.07, 6.45) is -0.462. The number of halogens is 3. The lowest BCUT2D eigenvalue weighted by molar-refractivity contribution is -0.274. The largest absolute Gasteiger partial charge is 0.573 e. The lowest BCUT2D eigenvalue weighted by atomic mass is 10.2. The summed E-state index contributed by atoms with van der Waals surface area (Å²) < 4.78 is 42.1. The molecule has 7 nitrogen and oxygen atoms in total. The van der Waals surface area contributed by atoms with E-state index in [9.17, 15) is 18.0 Å². The summed E-state index contributed by atoms with van der Waals surface area (Å²) in [5, 5.41) is 11.5. The topological polar surface area (TPSA) is 73.1 Å². The van der Waals surface area contributed by atoms with E-state index in [1.165, 1.54) is 40.7 Å². The quantitative estimate of drug-likeness (QED) is 0.697. The number of likely N-dealkylation sites (tertiary alicyclic amines) is 1. The van der Waals surface area contributed by atoms with Gasteiger partial charge in [-0.2, -0.15) is 4.68 Å². The minimum absolute atomic E-state index is 0.0374. The van der Waals surface area contributed by atoms with Crippen molar-refractivity contribution in [3.8, 4) is 11.4 Å². The monoisotopic (exact) mass is 415 g/mol. The zero-order valence-electron chi connectivity index (χ0n) is 15.2. The van der Waals surface area contributed by atoms with E-state index < -0.39 is 6.36 Å². The molecule has 1 amide bonds. The predicted molar refractivity (Wildman–Crippen MR) is 96.2 cm³/mol. The number of rotatable bonds is 5. The number of aromatic nitrogens is 4. The van der Waals surface area contributed by atoms with E-state index in [0.717, 1.165) is 38.8 Å². The van der Waals surface area contributed by atoms with Crippen LogP contribution < -0.4 is 4.74 Å². The van der Waals surface area contributed by atoms with Crippen LogP contribution in [0.4, 0.5) is 13.2 Å². The molecule has 2 aromatic rings. The van der Waals surface area contributed by atoms with Crippen LogP contribution >= 0.6 is 11.8 Å². The summed E-state index contributed by atoms with van der Waals surface area (Å²) in [7, 11) is 0. The van der Waals surface area contributed by atoms with Gasteiger partial charge in [0.1, 0.15) is 5.75 Å². The number of hydrogen-bond acceptors (Lipinski definition) is 6. The van der Waals surface area contributed by atoms with Crippen molar-refractivity contribution in [1.29, 1.82) is 0 Å². The first-order valence-corrected chi connectivity index (χ1v) is 9.81. The minimum Gasteiger partial charge on any atom is -0.406 e. The van der Waals surface area contributed by atoms with E-state index >= 15 is 0 Å². The third kappa shape index (κ3) is 5.37. The second-order valence-corrected chi connectivity index (χ2v) is 7.72. The number of carbonyl (C=O) groups excluding carboxylic acids is 1. The number of hydrogen-bond donors (Lipinski definition) is 0. The van der Waals surface area contributed by atoms with Gasteiger partial charge in [-0.05, 0) is 54.5 Å². The molecule has 0 N–H and O–H groups in total. The molecule has 1 saturated heterocycles. The Hall–Kier alpha value is -2.30. The van der Waals surface area contributed by atoms with Crippen molar-refractivity contribution in [1.82, 2.24) is 25.1 Å². The number of amides is 1. The van der Waals surface area contributed by atoms with Crippen molar-refractivity contribution < 1.29 is 22.7 Å². The summed E-state index contributed by atoms with van der Waals surface area (Å²) in [5.74, 6) is -0.293. The van der Waals surface area contributed by atoms with Gasteiger partial charge < -0.3 is 9.64 Å². The summed E-state index contributed by atoms with van der Waals surface area (Å²) in [4.78, 5) is 14.6. The molecule has 11 heteroatoms. The maximum atomic E-state index is 12.7. The van der Waals surface area contributed by atoms with E-state index in [-0.39, 0.29) is 16.9 Å². The highest BCUT2D eigenvalue weighted by Crippen LogP contribution is 2.27. The van der Waals surface area contributed by atoms with Crippen molar-refractivity contribution in [3.05, 3.63) is 24.3 Å². The van der Waals surface area contributed by atoms with Crippen LogP contribution in [0.25, 0.3) is 5.69 Å². The second-order valence-electron chi connectivity index (χ2n) is 6.41. The molecule has 1 aromatic heterocycles. The van der Waals surface area contributed by atoms with Crippen LogP contribution in [-0.4, -0.2) is 55.7 Å². The van der Waals surface area contributed by atoms with Crippen molar-refractivity contribution >= 4 is 17.7 Å². The Labute approximate surface area is 164 Å². The molecular formula is C17H20F3N5O2S. The Kier molecular flexibility index (Phi) is 6.42. The molecule has 3 rings (SSSR count). The fourth-order valence-electron chi connectivity index (χ4n) is 2.96. The minimum atomic E-state index is -4.75. The summed E-state index contributed by atoms with van der Waals surface area (Å²) in [6.45, 7) is 3.32. The summed E-state index contributed by atoms with van der Waals surface area (Å²) in [5.41, 5.74) is 0.469. The number of thioether (sulfide) groups is 1. The second kappa shape index (κ2) is 8.80. The fraction of sp³-hybridized carbons (Fsp3) is 0.529. The Balaban J connectivity index is 1.68. The van der Waals surface area contributed by atoms with Crippen LogP contribution in [0.15, 0.2) is 29.4 Å². The molecular weight excluding hydrogens is 395 g/mol. The van der Waals surface area contributed by atoms with Crippen molar-refractivity contribution in [2.24, 2.45) is 0 Å². The van der Waals surface area contributed by atoms with Gasteiger partial charge in [0.2, 0.25) is 11.1 Å². The van der Waals surface area contributed by atoms with E-state index in [1.807, 2.05) is 4.90 Å². The van der Waals surface area contributed by atoms with Gasteiger partial charge in [-0.15, -0.1) is 18.3 Å². The van der Waals surface area contributed by atoms with Crippen LogP contribution in [0.3, 0.4) is 0 Å². The van der Waals surface area contributed by atoms with E-state index in [1.54, 1.807) is 6.92 Å². The van der Waals surface area contributed by atoms with Gasteiger partial charge in [-0.1, -0.05) is 24.6 Å². The van der Waals surface area contributed by atoms with Crippen LogP contribution in [0.5, 0.6) is 5.75 Å². The SMILES string of the molecule is CC(Sc1nnnn1-c1ccc(OC(F)(F)F)cc1)C(=O)N1CCCCCC1. The third-order valence-corrected chi connectivity index (χ3v) is 5.32. The number of benzene rings is 1. The molecule has 0 radical (unpaired) electrons. The molecule has 1 aliphatic heterocycles. The molecule has 1 unspecified atom stereocenters. The Bertz CT molecular complexity index is 789. The molecule has 152 valence electrons. The molecule has 1 fully saturated rings. The summed E-state index contributed by atoms with van der Waals surface area (Å²) >= 11 is 1.22. The summed E-state index contributed by atoms with van der Waals surface area (Å²) in [6, 6.07) is 5.21. The highest BCUT2D eigenvalue weighted by atomic mass is 32.2. The molecule has 1 atom stereocenters. The predicted octanol–water partition coefficient (Wildman–Crippen LogP) is 3.44. The maximum Gasteiger partial charge on any atom is 0.573 e. The average Bonchev–Trinajstić information content (AvgIpc) is 2.92. The standard InChI is InChI=1S/C17H20F3N5O2S/c1-12(15(26)24-10-4-2-3-5-11-24)28-16-21-22-23-25(16)13-6-8-14(9-7-13)27-17(18,19)20/h6-9,12H,2-5,10-11H2,1H3. The Morgan fingerprint density at radius 3 is 2.39 bits per heavy atom. The van der Waals surface area contributed by atoms with Crippen LogP contribution in [0.1, 0.15) is 32.6 Å². The molecule has 1 aliphatic rings. The van der Waals surface area contributed by atoms with Gasteiger partial charge in [0, 0.05) is 13.1 Å². The van der Waals surface area contributed by atoms with Gasteiger partial charge in [-0.25, -0.2) is 0 Å². The number of ether oxygens (including phenoxy) is 1. The molecule has 0 aliphatic carbocycles. The Morgan fingerprint density at radius 1 is 1.14 bits per heavy atom. The highest BCUT2D eigenvalue weighted by Gasteiger charge is 2.31. The number of carbonyl (C=O) groups is 1. The van der Waals surface area contributed by atoms with Crippen LogP contribution in [0.2, 0.25) is 0 Å². The van der Waals surface area contributed by atoms with E-state index in [2.05, 4.69) is 20.3 Å². The lowest BCUT2D eigenvalue weighted by Gasteiger charge is -2.23. The van der Waals surface area contributed by atoms with Gasteiger partial charge in [0.05, 0.1) is 10.9 Å². The fourth-order valence-corrected chi connectivity index (χ4v) is 3.85. The normalized spacial score (nSPS) is 16.5. The highest BCUT2D eigenvalue weighted by molar-refractivity contribution is 8.00. The third-order valence-electron chi connectivity index (χ3n) is 4.30. The van der Waals surface area contributed by atoms with E-state index in [4.69, 9.17) is 0 Å². The average molecular weight is 415 g/mol. The van der Waals surface area contributed by atoms with Crippen molar-refractivity contribution in [2.45, 2.75) is 49.4 Å². The maximum absolute atomic E-state index is 12.7. The van der Waals surface area contributed by atoms with Gasteiger partial charge in [0.25, 0.3) is 0 Å². The first kappa shape index (κ1) is 20.4. The van der Waals surface area contributed by atoms with Gasteiger partial charge in [0.15, 0.2) is 0 Å². The van der Waals surface area contributed by atoms with Gasteiger partial charge in [-0.3, -0.25) is 4.79 Å². The zero-order chi connectivity index (χ0) is 20.1. The molecule has 2 heterocycles. The van der Waals surface area contributed by atoms with Crippen LogP contribution in [-0.2, 0) is 4.79 Å². The molecule has 28 heavy (non-hydrogen) atoms.